The molecule has 0 saturated heterocycles. The molecule has 0 radical (unpaired) electrons. The molecule has 0 spiro atoms. The topological polar surface area (TPSA) is 41.9 Å². The molecule has 7 heteroatoms. The van der Waals surface area contributed by atoms with Gasteiger partial charge >= 0.3 is 0 Å². The van der Waals surface area contributed by atoms with Crippen molar-refractivity contribution in [2.45, 2.75) is 6.54 Å². The van der Waals surface area contributed by atoms with E-state index in [-0.39, 0.29) is 5.82 Å². The Kier molecular flexibility index (Phi) is 5.22. The molecule has 3 aromatic rings. The molecule has 0 saturated carbocycles. The monoisotopic (exact) mass is 404 g/mol. The lowest BCUT2D eigenvalue weighted by Crippen LogP contribution is -2.28. The van der Waals surface area contributed by atoms with Gasteiger partial charge in [0.1, 0.15) is 5.82 Å². The third-order valence-corrected chi connectivity index (χ3v) is 4.11. The van der Waals surface area contributed by atoms with Gasteiger partial charge in [0, 0.05) is 29.1 Å². The van der Waals surface area contributed by atoms with Crippen LogP contribution in [-0.4, -0.2) is 14.7 Å². The second-order valence-electron chi connectivity index (χ2n) is 5.07. The number of halogens is 2. The fourth-order valence-corrected chi connectivity index (χ4v) is 2.65. The highest BCUT2D eigenvalue weighted by Gasteiger charge is 2.05. The number of nitrogens with zero attached hydrogens (tertiary/aromatic N) is 2. The van der Waals surface area contributed by atoms with Crippen molar-refractivity contribution in [1.82, 2.24) is 14.9 Å². The van der Waals surface area contributed by atoms with Crippen LogP contribution in [0.5, 0.6) is 0 Å². The fourth-order valence-electron chi connectivity index (χ4n) is 2.14. The third kappa shape index (κ3) is 4.18. The molecule has 0 fully saturated rings. The number of hydrogen-bond donors (Lipinski definition) is 2. The van der Waals surface area contributed by atoms with Crippen LogP contribution in [0.1, 0.15) is 5.56 Å². The molecule has 122 valence electrons. The zero-order chi connectivity index (χ0) is 16.9. The summed E-state index contributed by atoms with van der Waals surface area (Å²) in [4.78, 5) is 4.02. The average Bonchev–Trinajstić information content (AvgIpc) is 3.11. The van der Waals surface area contributed by atoms with Crippen LogP contribution in [0.2, 0.25) is 0 Å². The summed E-state index contributed by atoms with van der Waals surface area (Å²) in [6, 6.07) is 12.8. The molecule has 24 heavy (non-hydrogen) atoms. The van der Waals surface area contributed by atoms with Crippen molar-refractivity contribution in [3.8, 4) is 5.69 Å². The van der Waals surface area contributed by atoms with E-state index in [0.29, 0.717) is 21.8 Å². The molecule has 2 N–H and O–H groups in total. The van der Waals surface area contributed by atoms with E-state index in [4.69, 9.17) is 12.2 Å². The first-order valence-electron chi connectivity index (χ1n) is 7.19. The lowest BCUT2D eigenvalue weighted by Gasteiger charge is -2.12. The van der Waals surface area contributed by atoms with Crippen LogP contribution in [-0.2, 0) is 6.54 Å². The van der Waals surface area contributed by atoms with Crippen LogP contribution in [0.15, 0.2) is 65.7 Å². The summed E-state index contributed by atoms with van der Waals surface area (Å²) < 4.78 is 16.4. The van der Waals surface area contributed by atoms with E-state index >= 15 is 0 Å². The molecular weight excluding hydrogens is 391 g/mol. The third-order valence-electron chi connectivity index (χ3n) is 3.37. The van der Waals surface area contributed by atoms with Gasteiger partial charge in [-0.3, -0.25) is 0 Å². The number of nitrogens with one attached hydrogen (secondary N) is 2. The molecule has 3 rings (SSSR count). The Morgan fingerprint density at radius 3 is 2.67 bits per heavy atom. The second kappa shape index (κ2) is 7.55. The van der Waals surface area contributed by atoms with Crippen LogP contribution in [0.4, 0.5) is 10.1 Å². The van der Waals surface area contributed by atoms with Crippen molar-refractivity contribution >= 4 is 38.9 Å². The number of aromatic nitrogens is 2. The Hall–Kier alpha value is -2.25. The molecule has 0 unspecified atom stereocenters. The zero-order valence-electron chi connectivity index (χ0n) is 12.5. The van der Waals surface area contributed by atoms with Gasteiger partial charge in [0.2, 0.25) is 0 Å². The molecule has 1 heterocycles. The van der Waals surface area contributed by atoms with Gasteiger partial charge in [0.05, 0.1) is 12.0 Å². The predicted octanol–water partition coefficient (Wildman–Crippen LogP) is 4.26. The molecule has 0 aliphatic rings. The highest BCUT2D eigenvalue weighted by Crippen LogP contribution is 2.19. The minimum absolute atomic E-state index is 0.339. The molecule has 0 bridgehead atoms. The van der Waals surface area contributed by atoms with E-state index in [0.717, 1.165) is 11.3 Å². The Labute approximate surface area is 152 Å². The Balaban J connectivity index is 1.56. The lowest BCUT2D eigenvalue weighted by atomic mass is 10.2. The van der Waals surface area contributed by atoms with E-state index < -0.39 is 0 Å². The van der Waals surface area contributed by atoms with E-state index in [1.807, 2.05) is 35.0 Å². The van der Waals surface area contributed by atoms with E-state index in [2.05, 4.69) is 31.5 Å². The molecule has 1 aromatic heterocycles. The Morgan fingerprint density at radius 2 is 2.00 bits per heavy atom. The molecular formula is C17H14BrFN4S. The summed E-state index contributed by atoms with van der Waals surface area (Å²) in [5.41, 5.74) is 2.44. The number of hydrogen-bond acceptors (Lipinski definition) is 2. The first kappa shape index (κ1) is 16.6. The minimum atomic E-state index is -0.363. The first-order valence-corrected chi connectivity index (χ1v) is 8.39. The van der Waals surface area contributed by atoms with Gasteiger partial charge in [0.25, 0.3) is 0 Å². The lowest BCUT2D eigenvalue weighted by molar-refractivity contribution is 0.631. The summed E-state index contributed by atoms with van der Waals surface area (Å²) in [5, 5.41) is 6.29. The maximum atomic E-state index is 13.8. The van der Waals surface area contributed by atoms with Gasteiger partial charge in [-0.05, 0) is 48.1 Å². The molecule has 0 aliphatic heterocycles. The molecule has 0 amide bonds. The van der Waals surface area contributed by atoms with Crippen LogP contribution >= 0.6 is 28.1 Å². The summed E-state index contributed by atoms with van der Waals surface area (Å²) >= 11 is 8.43. The van der Waals surface area contributed by atoms with Gasteiger partial charge < -0.3 is 15.2 Å². The number of rotatable bonds is 4. The van der Waals surface area contributed by atoms with Crippen LogP contribution in [0.25, 0.3) is 5.69 Å². The number of thiocarbonyl (C=S) groups is 1. The maximum absolute atomic E-state index is 13.8. The molecule has 2 aromatic carbocycles. The van der Waals surface area contributed by atoms with Crippen LogP contribution < -0.4 is 10.6 Å². The number of imidazole rings is 1. The summed E-state index contributed by atoms with van der Waals surface area (Å²) in [6.45, 7) is 0.550. The molecule has 0 aliphatic carbocycles. The quantitative estimate of drug-likeness (QED) is 0.637. The largest absolute Gasteiger partial charge is 0.358 e. The summed E-state index contributed by atoms with van der Waals surface area (Å²) in [7, 11) is 0. The summed E-state index contributed by atoms with van der Waals surface area (Å²) in [5.74, 6) is -0.363. The maximum Gasteiger partial charge on any atom is 0.171 e. The van der Waals surface area contributed by atoms with Gasteiger partial charge in [-0.1, -0.05) is 28.1 Å². The van der Waals surface area contributed by atoms with Gasteiger partial charge in [-0.25, -0.2) is 9.37 Å². The van der Waals surface area contributed by atoms with Crippen molar-refractivity contribution < 1.29 is 4.39 Å². The fraction of sp³-hybridized carbons (Fsp3) is 0.0588. The van der Waals surface area contributed by atoms with Gasteiger partial charge in [0.15, 0.2) is 5.11 Å². The second-order valence-corrected chi connectivity index (χ2v) is 6.39. The van der Waals surface area contributed by atoms with E-state index in [1.165, 1.54) is 6.07 Å². The van der Waals surface area contributed by atoms with Crippen molar-refractivity contribution in [2.24, 2.45) is 0 Å². The molecule has 0 atom stereocenters. The Bertz CT molecular complexity index is 834. The summed E-state index contributed by atoms with van der Waals surface area (Å²) in [6.07, 6.45) is 5.37. The standard InChI is InChI=1S/C17H14BrFN4S/c18-13-3-6-16(15(19)9-13)22-17(24)21-10-12-1-4-14(5-2-12)23-8-7-20-11-23/h1-9,11H,10H2,(H2,21,22,24). The normalized spacial score (nSPS) is 10.4. The predicted molar refractivity (Wildman–Crippen MR) is 101 cm³/mol. The highest BCUT2D eigenvalue weighted by molar-refractivity contribution is 9.10. The minimum Gasteiger partial charge on any atom is -0.358 e. The van der Waals surface area contributed by atoms with Crippen LogP contribution in [0.3, 0.4) is 0 Å². The van der Waals surface area contributed by atoms with Gasteiger partial charge in [-0.2, -0.15) is 0 Å². The smallest absolute Gasteiger partial charge is 0.171 e. The van der Waals surface area contributed by atoms with Crippen molar-refractivity contribution in [3.63, 3.8) is 0 Å². The first-order chi connectivity index (χ1) is 11.6. The average molecular weight is 405 g/mol. The van der Waals surface area contributed by atoms with Crippen molar-refractivity contribution in [1.29, 1.82) is 0 Å². The van der Waals surface area contributed by atoms with Crippen molar-refractivity contribution in [3.05, 3.63) is 77.0 Å². The van der Waals surface area contributed by atoms with E-state index in [9.17, 15) is 4.39 Å². The van der Waals surface area contributed by atoms with Crippen LogP contribution in [0, 0.1) is 5.82 Å². The zero-order valence-corrected chi connectivity index (χ0v) is 14.9. The van der Waals surface area contributed by atoms with Crippen molar-refractivity contribution in [2.75, 3.05) is 5.32 Å². The SMILES string of the molecule is Fc1cc(Br)ccc1NC(=S)NCc1ccc(-n2ccnc2)cc1. The number of benzene rings is 2. The highest BCUT2D eigenvalue weighted by atomic mass is 79.9. The number of anilines is 1. The molecule has 4 nitrogen and oxygen atoms in total. The van der Waals surface area contributed by atoms with E-state index in [1.54, 1.807) is 24.7 Å². The Morgan fingerprint density at radius 1 is 1.21 bits per heavy atom. The van der Waals surface area contributed by atoms with Gasteiger partial charge in [-0.15, -0.1) is 0 Å².